The molecule has 0 spiro atoms. The van der Waals surface area contributed by atoms with Crippen molar-refractivity contribution in [3.05, 3.63) is 0 Å². The van der Waals surface area contributed by atoms with Gasteiger partial charge in [0.1, 0.15) is 0 Å². The smallest absolute Gasteiger partial charge is 0.407 e. The molecular formula is C12H24N2O2. The highest BCUT2D eigenvalue weighted by Gasteiger charge is 2.26. The second-order valence-corrected chi connectivity index (χ2v) is 4.57. The predicted molar refractivity (Wildman–Crippen MR) is 64.1 cm³/mol. The van der Waals surface area contributed by atoms with E-state index in [-0.39, 0.29) is 6.09 Å². The summed E-state index contributed by atoms with van der Waals surface area (Å²) >= 11 is 0. The van der Waals surface area contributed by atoms with Crippen LogP contribution in [0.3, 0.4) is 0 Å². The van der Waals surface area contributed by atoms with E-state index < -0.39 is 0 Å². The second kappa shape index (κ2) is 7.49. The lowest BCUT2D eigenvalue weighted by molar-refractivity contribution is 0.117. The van der Waals surface area contributed by atoms with Gasteiger partial charge in [0, 0.05) is 6.54 Å². The summed E-state index contributed by atoms with van der Waals surface area (Å²) in [5, 5.41) is 2.75. The van der Waals surface area contributed by atoms with Gasteiger partial charge in [-0.1, -0.05) is 19.8 Å². The molecule has 1 rings (SSSR count). The molecule has 0 aliphatic heterocycles. The van der Waals surface area contributed by atoms with Crippen molar-refractivity contribution < 1.29 is 9.53 Å². The molecule has 1 aliphatic carbocycles. The molecule has 3 N–H and O–H groups in total. The summed E-state index contributed by atoms with van der Waals surface area (Å²) in [7, 11) is 0. The first-order valence-electron chi connectivity index (χ1n) is 6.38. The molecule has 1 aliphatic rings. The van der Waals surface area contributed by atoms with Gasteiger partial charge in [0.2, 0.25) is 0 Å². The van der Waals surface area contributed by atoms with E-state index in [0.717, 1.165) is 19.3 Å². The summed E-state index contributed by atoms with van der Waals surface area (Å²) in [6.45, 7) is 4.04. The van der Waals surface area contributed by atoms with E-state index in [9.17, 15) is 4.79 Å². The predicted octanol–water partition coefficient (Wildman–Crippen LogP) is 1.89. The van der Waals surface area contributed by atoms with Crippen LogP contribution < -0.4 is 11.1 Å². The lowest BCUT2D eigenvalue weighted by Gasteiger charge is -2.17. The summed E-state index contributed by atoms with van der Waals surface area (Å²) < 4.78 is 5.20. The van der Waals surface area contributed by atoms with Crippen LogP contribution in [0.15, 0.2) is 0 Å². The quantitative estimate of drug-likeness (QED) is 0.682. The van der Waals surface area contributed by atoms with Crippen LogP contribution >= 0.6 is 0 Å². The molecule has 4 nitrogen and oxygen atoms in total. The summed E-state index contributed by atoms with van der Waals surface area (Å²) in [5.41, 5.74) is 5.67. The number of rotatable bonds is 6. The van der Waals surface area contributed by atoms with Gasteiger partial charge in [0.15, 0.2) is 0 Å². The van der Waals surface area contributed by atoms with Gasteiger partial charge < -0.3 is 15.8 Å². The number of ether oxygens (including phenoxy) is 1. The highest BCUT2D eigenvalue weighted by atomic mass is 16.5. The van der Waals surface area contributed by atoms with E-state index in [4.69, 9.17) is 10.5 Å². The largest absolute Gasteiger partial charge is 0.449 e. The zero-order valence-electron chi connectivity index (χ0n) is 10.2. The zero-order valence-corrected chi connectivity index (χ0v) is 10.2. The molecule has 1 amide bonds. The Labute approximate surface area is 97.9 Å². The molecule has 2 atom stereocenters. The number of carbonyl (C=O) groups is 1. The van der Waals surface area contributed by atoms with Crippen molar-refractivity contribution in [2.75, 3.05) is 19.7 Å². The van der Waals surface area contributed by atoms with Crippen LogP contribution in [0.4, 0.5) is 4.79 Å². The standard InChI is InChI=1S/C12H24N2O2/c1-2-3-7-14-12(15)16-9-11-6-4-5-10(11)8-13/h10-11H,2-9,13H2,1H3,(H,14,15). The topological polar surface area (TPSA) is 64.3 Å². The Bertz CT molecular complexity index is 209. The third-order valence-corrected chi connectivity index (χ3v) is 3.35. The molecule has 1 fully saturated rings. The fraction of sp³-hybridized carbons (Fsp3) is 0.917. The second-order valence-electron chi connectivity index (χ2n) is 4.57. The van der Waals surface area contributed by atoms with E-state index >= 15 is 0 Å². The summed E-state index contributed by atoms with van der Waals surface area (Å²) in [6.07, 6.45) is 5.35. The Hall–Kier alpha value is -0.770. The molecule has 94 valence electrons. The third kappa shape index (κ3) is 4.39. The molecule has 0 heterocycles. The van der Waals surface area contributed by atoms with E-state index in [1.165, 1.54) is 12.8 Å². The fourth-order valence-corrected chi connectivity index (χ4v) is 2.24. The van der Waals surface area contributed by atoms with Crippen LogP contribution in [0.2, 0.25) is 0 Å². The van der Waals surface area contributed by atoms with Gasteiger partial charge in [-0.15, -0.1) is 0 Å². The highest BCUT2D eigenvalue weighted by molar-refractivity contribution is 5.67. The first kappa shape index (κ1) is 13.3. The minimum atomic E-state index is -0.281. The minimum Gasteiger partial charge on any atom is -0.449 e. The van der Waals surface area contributed by atoms with Gasteiger partial charge in [-0.05, 0) is 37.6 Å². The SMILES string of the molecule is CCCCNC(=O)OCC1CCCC1CN. The monoisotopic (exact) mass is 228 g/mol. The number of hydrogen-bond donors (Lipinski definition) is 2. The van der Waals surface area contributed by atoms with Crippen LogP contribution in [0.1, 0.15) is 39.0 Å². The molecular weight excluding hydrogens is 204 g/mol. The van der Waals surface area contributed by atoms with Gasteiger partial charge >= 0.3 is 6.09 Å². The van der Waals surface area contributed by atoms with Crippen molar-refractivity contribution in [2.45, 2.75) is 39.0 Å². The number of unbranched alkanes of at least 4 members (excludes halogenated alkanes) is 1. The lowest BCUT2D eigenvalue weighted by atomic mass is 9.97. The van der Waals surface area contributed by atoms with Crippen molar-refractivity contribution >= 4 is 6.09 Å². The van der Waals surface area contributed by atoms with Crippen LogP contribution in [-0.4, -0.2) is 25.8 Å². The van der Waals surface area contributed by atoms with Gasteiger partial charge in [0.25, 0.3) is 0 Å². The average Bonchev–Trinajstić information content (AvgIpc) is 2.74. The Balaban J connectivity index is 2.11. The van der Waals surface area contributed by atoms with Crippen LogP contribution in [-0.2, 0) is 4.74 Å². The molecule has 0 bridgehead atoms. The van der Waals surface area contributed by atoms with E-state index in [0.29, 0.717) is 31.5 Å². The molecule has 0 radical (unpaired) electrons. The zero-order chi connectivity index (χ0) is 11.8. The maximum absolute atomic E-state index is 11.3. The van der Waals surface area contributed by atoms with Gasteiger partial charge in [-0.2, -0.15) is 0 Å². The maximum Gasteiger partial charge on any atom is 0.407 e. The van der Waals surface area contributed by atoms with Gasteiger partial charge in [0.05, 0.1) is 6.61 Å². The number of amides is 1. The molecule has 4 heteroatoms. The molecule has 2 unspecified atom stereocenters. The molecule has 0 aromatic rings. The summed E-state index contributed by atoms with van der Waals surface area (Å²) in [6, 6.07) is 0. The van der Waals surface area contributed by atoms with Crippen molar-refractivity contribution in [1.29, 1.82) is 0 Å². The number of nitrogens with two attached hydrogens (primary N) is 1. The lowest BCUT2D eigenvalue weighted by Crippen LogP contribution is -2.29. The Morgan fingerprint density at radius 3 is 2.88 bits per heavy atom. The molecule has 0 saturated heterocycles. The number of alkyl carbamates (subject to hydrolysis) is 1. The number of carbonyl (C=O) groups excluding carboxylic acids is 1. The molecule has 16 heavy (non-hydrogen) atoms. The summed E-state index contributed by atoms with van der Waals surface area (Å²) in [4.78, 5) is 11.3. The van der Waals surface area contributed by atoms with E-state index in [1.807, 2.05) is 0 Å². The van der Waals surface area contributed by atoms with E-state index in [1.54, 1.807) is 0 Å². The fourth-order valence-electron chi connectivity index (χ4n) is 2.24. The number of hydrogen-bond acceptors (Lipinski definition) is 3. The maximum atomic E-state index is 11.3. The van der Waals surface area contributed by atoms with Gasteiger partial charge in [-0.25, -0.2) is 4.79 Å². The van der Waals surface area contributed by atoms with Crippen molar-refractivity contribution in [2.24, 2.45) is 17.6 Å². The van der Waals surface area contributed by atoms with Crippen molar-refractivity contribution in [3.8, 4) is 0 Å². The molecule has 1 saturated carbocycles. The Kier molecular flexibility index (Phi) is 6.23. The summed E-state index contributed by atoms with van der Waals surface area (Å²) in [5.74, 6) is 1.02. The first-order valence-corrected chi connectivity index (χ1v) is 6.38. The average molecular weight is 228 g/mol. The highest BCUT2D eigenvalue weighted by Crippen LogP contribution is 2.30. The molecule has 0 aromatic heterocycles. The van der Waals surface area contributed by atoms with Crippen LogP contribution in [0.5, 0.6) is 0 Å². The van der Waals surface area contributed by atoms with Crippen molar-refractivity contribution in [1.82, 2.24) is 5.32 Å². The normalized spacial score (nSPS) is 24.4. The van der Waals surface area contributed by atoms with Crippen LogP contribution in [0, 0.1) is 11.8 Å². The van der Waals surface area contributed by atoms with E-state index in [2.05, 4.69) is 12.2 Å². The van der Waals surface area contributed by atoms with Gasteiger partial charge in [-0.3, -0.25) is 0 Å². The molecule has 0 aromatic carbocycles. The minimum absolute atomic E-state index is 0.281. The van der Waals surface area contributed by atoms with Crippen LogP contribution in [0.25, 0.3) is 0 Å². The first-order chi connectivity index (χ1) is 7.77. The Morgan fingerprint density at radius 1 is 1.44 bits per heavy atom. The Morgan fingerprint density at radius 2 is 2.19 bits per heavy atom. The third-order valence-electron chi connectivity index (χ3n) is 3.35. The number of nitrogens with one attached hydrogen (secondary N) is 1. The van der Waals surface area contributed by atoms with Crippen molar-refractivity contribution in [3.63, 3.8) is 0 Å².